The number of amides is 3. The zero-order valence-electron chi connectivity index (χ0n) is 19.2. The quantitative estimate of drug-likeness (QED) is 0.527. The second kappa shape index (κ2) is 9.43. The fraction of sp³-hybridized carbons (Fsp3) is 0.560. The normalized spacial score (nSPS) is 32.2. The Morgan fingerprint density at radius 2 is 1.91 bits per heavy atom. The molecule has 9 heteroatoms. The van der Waals surface area contributed by atoms with Crippen LogP contribution in [0.4, 0.5) is 5.69 Å². The zero-order valence-corrected chi connectivity index (χ0v) is 20.8. The lowest BCUT2D eigenvalue weighted by Gasteiger charge is -2.34. The molecule has 182 valence electrons. The van der Waals surface area contributed by atoms with Crippen molar-refractivity contribution in [3.8, 4) is 0 Å². The third kappa shape index (κ3) is 3.97. The van der Waals surface area contributed by atoms with Gasteiger partial charge in [-0.25, -0.2) is 0 Å². The third-order valence-electron chi connectivity index (χ3n) is 7.52. The number of nitrogens with zero attached hydrogens (tertiary/aromatic N) is 1. The van der Waals surface area contributed by atoms with Crippen molar-refractivity contribution < 1.29 is 23.9 Å². The molecular weight excluding hydrogens is 502 g/mol. The van der Waals surface area contributed by atoms with Gasteiger partial charge in [0.2, 0.25) is 17.7 Å². The van der Waals surface area contributed by atoms with E-state index >= 15 is 0 Å². The van der Waals surface area contributed by atoms with Crippen molar-refractivity contribution in [2.45, 2.75) is 55.9 Å². The summed E-state index contributed by atoms with van der Waals surface area (Å²) in [6.45, 7) is 0.559. The van der Waals surface area contributed by atoms with Crippen LogP contribution in [0, 0.1) is 11.8 Å². The van der Waals surface area contributed by atoms with Crippen LogP contribution in [0.3, 0.4) is 0 Å². The summed E-state index contributed by atoms with van der Waals surface area (Å²) in [5.74, 6) is -2.19. The number of rotatable bonds is 7. The van der Waals surface area contributed by atoms with E-state index in [1.165, 1.54) is 6.42 Å². The van der Waals surface area contributed by atoms with Gasteiger partial charge in [-0.15, -0.1) is 0 Å². The number of carbonyl (C=O) groups is 3. The van der Waals surface area contributed by atoms with Crippen molar-refractivity contribution in [2.24, 2.45) is 11.8 Å². The first-order valence-corrected chi connectivity index (χ1v) is 12.8. The SMILES string of the molecule is COCCN1C(=O)[C@H]2C(C(=O)Nc3ccc(Br)cc3)[C@H]3C=CC2(O3)C1C(=O)NC1CCCCC1. The van der Waals surface area contributed by atoms with Crippen molar-refractivity contribution in [2.75, 3.05) is 25.6 Å². The summed E-state index contributed by atoms with van der Waals surface area (Å²) in [5.41, 5.74) is -0.502. The molecule has 3 fully saturated rings. The number of benzene rings is 1. The molecule has 1 saturated carbocycles. The van der Waals surface area contributed by atoms with Crippen LogP contribution >= 0.6 is 15.9 Å². The van der Waals surface area contributed by atoms with E-state index in [0.29, 0.717) is 12.3 Å². The van der Waals surface area contributed by atoms with Gasteiger partial charge in [0.05, 0.1) is 24.5 Å². The van der Waals surface area contributed by atoms with Gasteiger partial charge in [-0.1, -0.05) is 47.3 Å². The minimum absolute atomic E-state index is 0.107. The van der Waals surface area contributed by atoms with Crippen molar-refractivity contribution >= 4 is 39.3 Å². The van der Waals surface area contributed by atoms with Crippen molar-refractivity contribution in [1.82, 2.24) is 10.2 Å². The van der Waals surface area contributed by atoms with Gasteiger partial charge in [0.1, 0.15) is 11.6 Å². The number of hydrogen-bond donors (Lipinski definition) is 2. The maximum atomic E-state index is 13.7. The van der Waals surface area contributed by atoms with Crippen molar-refractivity contribution in [3.05, 3.63) is 40.9 Å². The van der Waals surface area contributed by atoms with Gasteiger partial charge in [-0.2, -0.15) is 0 Å². The van der Waals surface area contributed by atoms with Crippen LogP contribution in [0.15, 0.2) is 40.9 Å². The fourth-order valence-electron chi connectivity index (χ4n) is 5.98. The summed E-state index contributed by atoms with van der Waals surface area (Å²) in [4.78, 5) is 42.2. The van der Waals surface area contributed by atoms with E-state index in [4.69, 9.17) is 9.47 Å². The number of carbonyl (C=O) groups excluding carboxylic acids is 3. The zero-order chi connectivity index (χ0) is 23.9. The van der Waals surface area contributed by atoms with Crippen molar-refractivity contribution in [3.63, 3.8) is 0 Å². The third-order valence-corrected chi connectivity index (χ3v) is 8.05. The minimum Gasteiger partial charge on any atom is -0.383 e. The van der Waals surface area contributed by atoms with Gasteiger partial charge in [0, 0.05) is 29.9 Å². The second-order valence-corrected chi connectivity index (χ2v) is 10.5. The number of hydrogen-bond acceptors (Lipinski definition) is 5. The van der Waals surface area contributed by atoms with E-state index in [2.05, 4.69) is 26.6 Å². The molecule has 5 rings (SSSR count). The molecule has 3 heterocycles. The molecule has 2 saturated heterocycles. The average molecular weight is 532 g/mol. The first-order chi connectivity index (χ1) is 16.4. The molecule has 1 aromatic rings. The molecule has 2 N–H and O–H groups in total. The summed E-state index contributed by atoms with van der Waals surface area (Å²) in [7, 11) is 1.56. The minimum atomic E-state index is -1.14. The molecule has 34 heavy (non-hydrogen) atoms. The number of anilines is 1. The van der Waals surface area contributed by atoms with Crippen LogP contribution in [-0.4, -0.2) is 66.7 Å². The summed E-state index contributed by atoms with van der Waals surface area (Å²) >= 11 is 3.39. The first kappa shape index (κ1) is 23.5. The summed E-state index contributed by atoms with van der Waals surface area (Å²) in [5, 5.41) is 6.10. The van der Waals surface area contributed by atoms with Crippen LogP contribution in [0.25, 0.3) is 0 Å². The van der Waals surface area contributed by atoms with Crippen LogP contribution < -0.4 is 10.6 Å². The van der Waals surface area contributed by atoms with E-state index in [0.717, 1.165) is 30.2 Å². The Kier molecular flexibility index (Phi) is 6.52. The van der Waals surface area contributed by atoms with Gasteiger partial charge in [-0.3, -0.25) is 14.4 Å². The van der Waals surface area contributed by atoms with Gasteiger partial charge in [-0.05, 0) is 37.1 Å². The fourth-order valence-corrected chi connectivity index (χ4v) is 6.25. The second-order valence-electron chi connectivity index (χ2n) is 9.57. The topological polar surface area (TPSA) is 97.0 Å². The number of methoxy groups -OCH3 is 1. The van der Waals surface area contributed by atoms with E-state index in [9.17, 15) is 14.4 Å². The number of nitrogens with one attached hydrogen (secondary N) is 2. The van der Waals surface area contributed by atoms with E-state index < -0.39 is 29.6 Å². The molecule has 4 aliphatic rings. The highest BCUT2D eigenvalue weighted by Gasteiger charge is 2.72. The smallest absolute Gasteiger partial charge is 0.246 e. The van der Waals surface area contributed by atoms with Gasteiger partial charge < -0.3 is 25.0 Å². The molecule has 5 atom stereocenters. The largest absolute Gasteiger partial charge is 0.383 e. The van der Waals surface area contributed by atoms with E-state index in [1.807, 2.05) is 24.3 Å². The van der Waals surface area contributed by atoms with Gasteiger partial charge in [0.25, 0.3) is 0 Å². The first-order valence-electron chi connectivity index (χ1n) is 12.0. The predicted molar refractivity (Wildman–Crippen MR) is 129 cm³/mol. The number of ether oxygens (including phenoxy) is 2. The van der Waals surface area contributed by atoms with Gasteiger partial charge in [0.15, 0.2) is 0 Å². The Morgan fingerprint density at radius 1 is 1.18 bits per heavy atom. The summed E-state index contributed by atoms with van der Waals surface area (Å²) < 4.78 is 12.5. The molecule has 3 unspecified atom stereocenters. The maximum absolute atomic E-state index is 13.7. The van der Waals surface area contributed by atoms with Crippen LogP contribution in [-0.2, 0) is 23.9 Å². The molecule has 3 amide bonds. The molecule has 3 aliphatic heterocycles. The lowest BCUT2D eigenvalue weighted by molar-refractivity contribution is -0.142. The molecular formula is C25H30BrN3O5. The average Bonchev–Trinajstić information content (AvgIpc) is 3.47. The van der Waals surface area contributed by atoms with E-state index in [1.54, 1.807) is 24.1 Å². The van der Waals surface area contributed by atoms with Gasteiger partial charge >= 0.3 is 0 Å². The Balaban J connectivity index is 1.42. The Hall–Kier alpha value is -2.23. The lowest BCUT2D eigenvalue weighted by atomic mass is 9.74. The van der Waals surface area contributed by atoms with E-state index in [-0.39, 0.29) is 30.3 Å². The number of fused-ring (bicyclic) bond motifs is 1. The van der Waals surface area contributed by atoms with Crippen LogP contribution in [0.2, 0.25) is 0 Å². The van der Waals surface area contributed by atoms with Crippen molar-refractivity contribution in [1.29, 1.82) is 0 Å². The maximum Gasteiger partial charge on any atom is 0.246 e. The van der Waals surface area contributed by atoms with Crippen LogP contribution in [0.5, 0.6) is 0 Å². The monoisotopic (exact) mass is 531 g/mol. The molecule has 1 aromatic carbocycles. The summed E-state index contributed by atoms with van der Waals surface area (Å²) in [6, 6.07) is 6.55. The van der Waals surface area contributed by atoms with Crippen LogP contribution in [0.1, 0.15) is 32.1 Å². The molecule has 1 spiro atoms. The number of halogens is 1. The Labute approximate surface area is 207 Å². The Morgan fingerprint density at radius 3 is 2.62 bits per heavy atom. The molecule has 0 aromatic heterocycles. The Bertz CT molecular complexity index is 993. The highest BCUT2D eigenvalue weighted by Crippen LogP contribution is 2.55. The highest BCUT2D eigenvalue weighted by molar-refractivity contribution is 9.10. The summed E-state index contributed by atoms with van der Waals surface area (Å²) in [6.07, 6.45) is 8.37. The highest BCUT2D eigenvalue weighted by atomic mass is 79.9. The number of likely N-dealkylation sites (tertiary alicyclic amines) is 1. The molecule has 2 bridgehead atoms. The molecule has 8 nitrogen and oxygen atoms in total. The molecule has 0 radical (unpaired) electrons. The predicted octanol–water partition coefficient (Wildman–Crippen LogP) is 2.63. The molecule has 1 aliphatic carbocycles. The standard InChI is InChI=1S/C25H30BrN3O5/c1-33-14-13-29-21(23(31)28-16-5-3-2-4-6-16)25-12-11-18(34-25)19(20(25)24(29)32)22(30)27-17-9-7-15(26)8-10-17/h7-12,16,18-21H,2-6,13-14H2,1H3,(H,27,30)(H,28,31)/t18-,19?,20-,21?,25?/m1/s1. The lowest BCUT2D eigenvalue weighted by Crippen LogP contribution is -2.57.